The minimum Gasteiger partial charge on any atom is -0.366 e. The number of carbonyl (C=O) groups excluding carboxylic acids is 1. The number of fused-ring (bicyclic) bond motifs is 1. The predicted octanol–water partition coefficient (Wildman–Crippen LogP) is 3.00. The van der Waals surface area contributed by atoms with Crippen LogP contribution in [0.2, 0.25) is 0 Å². The lowest BCUT2D eigenvalue weighted by atomic mass is 10.0. The van der Waals surface area contributed by atoms with Crippen LogP contribution in [0, 0.1) is 0 Å². The molecule has 0 saturated heterocycles. The number of alkyl halides is 3. The van der Waals surface area contributed by atoms with E-state index in [1.165, 1.54) is 18.2 Å². The Labute approximate surface area is 134 Å². The molecule has 1 aromatic carbocycles. The fourth-order valence-electron chi connectivity index (χ4n) is 2.28. The molecule has 5 nitrogen and oxygen atoms in total. The molecule has 0 bridgehead atoms. The van der Waals surface area contributed by atoms with E-state index in [1.807, 2.05) is 0 Å². The van der Waals surface area contributed by atoms with E-state index in [0.717, 1.165) is 12.1 Å². The van der Waals surface area contributed by atoms with Gasteiger partial charge in [0.1, 0.15) is 0 Å². The standard InChI is InChI=1S/C16H11F3N4O/c17-16(18,19)10-4-1-3-9(7-10)12(14(20)24)8-13-11-5-2-6-21-15(11)23-22-13/h1-8H,(H2,20,24)(H,21,22,23). The molecule has 3 N–H and O–H groups in total. The maximum atomic E-state index is 12.9. The van der Waals surface area contributed by atoms with E-state index < -0.39 is 17.6 Å². The normalized spacial score (nSPS) is 12.5. The molecule has 2 aromatic heterocycles. The SMILES string of the molecule is NC(=O)C(=Cc1[nH]nc2ncccc12)c1cccc(C(F)(F)F)c1. The highest BCUT2D eigenvalue weighted by molar-refractivity contribution is 6.24. The van der Waals surface area contributed by atoms with Crippen LogP contribution in [0.1, 0.15) is 16.8 Å². The van der Waals surface area contributed by atoms with Gasteiger partial charge in [-0.15, -0.1) is 0 Å². The number of aromatic nitrogens is 3. The van der Waals surface area contributed by atoms with Crippen LogP contribution >= 0.6 is 0 Å². The molecule has 0 aliphatic carbocycles. The van der Waals surface area contributed by atoms with Crippen molar-refractivity contribution in [3.8, 4) is 0 Å². The summed E-state index contributed by atoms with van der Waals surface area (Å²) in [6.45, 7) is 0. The minimum atomic E-state index is -4.51. The van der Waals surface area contributed by atoms with Crippen molar-refractivity contribution in [3.05, 3.63) is 59.4 Å². The van der Waals surface area contributed by atoms with Crippen molar-refractivity contribution in [2.24, 2.45) is 5.73 Å². The molecule has 8 heteroatoms. The number of rotatable bonds is 3. The Morgan fingerprint density at radius 2 is 2.00 bits per heavy atom. The van der Waals surface area contributed by atoms with Gasteiger partial charge < -0.3 is 5.73 Å². The molecule has 1 amide bonds. The Kier molecular flexibility index (Phi) is 3.80. The van der Waals surface area contributed by atoms with Crippen molar-refractivity contribution < 1.29 is 18.0 Å². The number of nitrogens with one attached hydrogen (secondary N) is 1. The van der Waals surface area contributed by atoms with Crippen LogP contribution in [0.25, 0.3) is 22.7 Å². The molecule has 0 aliphatic rings. The fraction of sp³-hybridized carbons (Fsp3) is 0.0625. The Balaban J connectivity index is 2.13. The number of benzene rings is 1. The van der Waals surface area contributed by atoms with Crippen LogP contribution in [0.4, 0.5) is 13.2 Å². The molecule has 24 heavy (non-hydrogen) atoms. The maximum Gasteiger partial charge on any atom is 0.416 e. The molecular weight excluding hydrogens is 321 g/mol. The molecule has 122 valence electrons. The summed E-state index contributed by atoms with van der Waals surface area (Å²) in [7, 11) is 0. The first kappa shape index (κ1) is 15.7. The lowest BCUT2D eigenvalue weighted by molar-refractivity contribution is -0.137. The van der Waals surface area contributed by atoms with E-state index >= 15 is 0 Å². The first-order valence-corrected chi connectivity index (χ1v) is 6.84. The summed E-state index contributed by atoms with van der Waals surface area (Å²) in [4.78, 5) is 15.8. The summed E-state index contributed by atoms with van der Waals surface area (Å²) in [6, 6.07) is 7.83. The predicted molar refractivity (Wildman–Crippen MR) is 82.4 cm³/mol. The largest absolute Gasteiger partial charge is 0.416 e. The number of hydrogen-bond acceptors (Lipinski definition) is 3. The summed E-state index contributed by atoms with van der Waals surface area (Å²) in [5, 5.41) is 7.29. The third-order valence-electron chi connectivity index (χ3n) is 3.41. The molecule has 0 fully saturated rings. The molecule has 3 rings (SSSR count). The number of aromatic amines is 1. The number of primary amides is 1. The van der Waals surface area contributed by atoms with Gasteiger partial charge in [-0.05, 0) is 35.9 Å². The first-order valence-electron chi connectivity index (χ1n) is 6.84. The highest BCUT2D eigenvalue weighted by atomic mass is 19.4. The smallest absolute Gasteiger partial charge is 0.366 e. The molecular formula is C16H11F3N4O. The molecule has 0 aliphatic heterocycles. The average Bonchev–Trinajstić information content (AvgIpc) is 2.95. The van der Waals surface area contributed by atoms with Crippen LogP contribution in [-0.2, 0) is 11.0 Å². The second kappa shape index (κ2) is 5.80. The Morgan fingerprint density at radius 1 is 1.21 bits per heavy atom. The van der Waals surface area contributed by atoms with Crippen LogP contribution in [-0.4, -0.2) is 21.1 Å². The zero-order chi connectivity index (χ0) is 17.3. The number of H-pyrrole nitrogens is 1. The Hall–Kier alpha value is -3.16. The van der Waals surface area contributed by atoms with Gasteiger partial charge in [0.05, 0.1) is 11.3 Å². The zero-order valence-electron chi connectivity index (χ0n) is 12.1. The summed E-state index contributed by atoms with van der Waals surface area (Å²) in [5.41, 5.74) is 5.37. The van der Waals surface area contributed by atoms with Gasteiger partial charge >= 0.3 is 6.18 Å². The topological polar surface area (TPSA) is 84.7 Å². The van der Waals surface area contributed by atoms with Gasteiger partial charge in [-0.2, -0.15) is 18.3 Å². The number of hydrogen-bond donors (Lipinski definition) is 2. The van der Waals surface area contributed by atoms with Gasteiger partial charge in [0, 0.05) is 17.2 Å². The van der Waals surface area contributed by atoms with Gasteiger partial charge in [0.2, 0.25) is 5.91 Å². The fourth-order valence-corrected chi connectivity index (χ4v) is 2.28. The number of nitrogens with zero attached hydrogens (tertiary/aromatic N) is 2. The van der Waals surface area contributed by atoms with Gasteiger partial charge in [-0.25, -0.2) is 4.98 Å². The van der Waals surface area contributed by atoms with E-state index in [1.54, 1.807) is 18.3 Å². The second-order valence-electron chi connectivity index (χ2n) is 5.01. The van der Waals surface area contributed by atoms with Crippen molar-refractivity contribution in [1.82, 2.24) is 15.2 Å². The highest BCUT2D eigenvalue weighted by Gasteiger charge is 2.30. The molecule has 2 heterocycles. The van der Waals surface area contributed by atoms with E-state index in [4.69, 9.17) is 5.73 Å². The second-order valence-corrected chi connectivity index (χ2v) is 5.01. The Bertz CT molecular complexity index is 944. The number of halogens is 3. The quantitative estimate of drug-likeness (QED) is 0.723. The van der Waals surface area contributed by atoms with Gasteiger partial charge in [0.15, 0.2) is 5.65 Å². The van der Waals surface area contributed by atoms with Crippen molar-refractivity contribution >= 4 is 28.6 Å². The van der Waals surface area contributed by atoms with Gasteiger partial charge in [-0.1, -0.05) is 12.1 Å². The third-order valence-corrected chi connectivity index (χ3v) is 3.41. The van der Waals surface area contributed by atoms with Crippen molar-refractivity contribution in [3.63, 3.8) is 0 Å². The van der Waals surface area contributed by atoms with E-state index in [9.17, 15) is 18.0 Å². The summed E-state index contributed by atoms with van der Waals surface area (Å²) < 4.78 is 38.6. The molecule has 0 saturated carbocycles. The molecule has 0 radical (unpaired) electrons. The Morgan fingerprint density at radius 3 is 2.71 bits per heavy atom. The van der Waals surface area contributed by atoms with Crippen LogP contribution in [0.5, 0.6) is 0 Å². The molecule has 3 aromatic rings. The zero-order valence-corrected chi connectivity index (χ0v) is 12.1. The highest BCUT2D eigenvalue weighted by Crippen LogP contribution is 2.31. The molecule has 0 unspecified atom stereocenters. The van der Waals surface area contributed by atoms with Crippen LogP contribution in [0.15, 0.2) is 42.6 Å². The lowest BCUT2D eigenvalue weighted by Crippen LogP contribution is -2.14. The van der Waals surface area contributed by atoms with Crippen LogP contribution in [0.3, 0.4) is 0 Å². The van der Waals surface area contributed by atoms with Crippen molar-refractivity contribution in [2.75, 3.05) is 0 Å². The van der Waals surface area contributed by atoms with Gasteiger partial charge in [0.25, 0.3) is 0 Å². The number of amides is 1. The van der Waals surface area contributed by atoms with E-state index in [0.29, 0.717) is 16.7 Å². The number of pyridine rings is 1. The molecule has 0 atom stereocenters. The summed E-state index contributed by atoms with van der Waals surface area (Å²) in [5.74, 6) is -0.846. The first-order chi connectivity index (χ1) is 11.4. The van der Waals surface area contributed by atoms with Crippen molar-refractivity contribution in [2.45, 2.75) is 6.18 Å². The van der Waals surface area contributed by atoms with Crippen molar-refractivity contribution in [1.29, 1.82) is 0 Å². The lowest BCUT2D eigenvalue weighted by Gasteiger charge is -2.09. The number of nitrogens with two attached hydrogens (primary N) is 1. The summed E-state index contributed by atoms with van der Waals surface area (Å²) in [6.07, 6.45) is -1.59. The molecule has 0 spiro atoms. The average molecular weight is 332 g/mol. The van der Waals surface area contributed by atoms with Gasteiger partial charge in [-0.3, -0.25) is 9.89 Å². The van der Waals surface area contributed by atoms with Crippen LogP contribution < -0.4 is 5.73 Å². The number of carbonyl (C=O) groups is 1. The third kappa shape index (κ3) is 2.98. The minimum absolute atomic E-state index is 0.0597. The monoisotopic (exact) mass is 332 g/mol. The maximum absolute atomic E-state index is 12.9. The van der Waals surface area contributed by atoms with E-state index in [2.05, 4.69) is 15.2 Å². The summed E-state index contributed by atoms with van der Waals surface area (Å²) >= 11 is 0. The van der Waals surface area contributed by atoms with E-state index in [-0.39, 0.29) is 11.1 Å².